The Bertz CT molecular complexity index is 3170. The van der Waals surface area contributed by atoms with Crippen LogP contribution in [0.1, 0.15) is 22.3 Å². The van der Waals surface area contributed by atoms with E-state index in [2.05, 4.69) is 176 Å². The molecule has 0 aliphatic heterocycles. The SMILES string of the molecule is c1ccc(-c2nc(-c3cccc(-c4cccc5c4oc4ccccc45)c3)cc(-c3cccc4c3-c3ccccc3C43c4ccccc4-c4ccccc43)n2)cc1. The van der Waals surface area contributed by atoms with Gasteiger partial charge >= 0.3 is 0 Å². The Morgan fingerprint density at radius 2 is 0.893 bits per heavy atom. The van der Waals surface area contributed by atoms with Crippen LogP contribution < -0.4 is 0 Å². The Morgan fingerprint density at radius 1 is 0.357 bits per heavy atom. The molecule has 2 heterocycles. The first-order valence-electron chi connectivity index (χ1n) is 19.2. The lowest BCUT2D eigenvalue weighted by Gasteiger charge is -2.30. The number of para-hydroxylation sites is 2. The van der Waals surface area contributed by atoms with Crippen molar-refractivity contribution in [2.45, 2.75) is 5.41 Å². The Kier molecular flexibility index (Phi) is 6.55. The minimum Gasteiger partial charge on any atom is -0.455 e. The number of furan rings is 1. The molecule has 0 saturated heterocycles. The highest BCUT2D eigenvalue weighted by Crippen LogP contribution is 2.63. The second kappa shape index (κ2) is 11.8. The number of rotatable bonds is 4. The van der Waals surface area contributed by atoms with E-state index in [-0.39, 0.29) is 0 Å². The zero-order valence-corrected chi connectivity index (χ0v) is 30.3. The van der Waals surface area contributed by atoms with Gasteiger partial charge in [0.2, 0.25) is 0 Å². The fraction of sp³-hybridized carbons (Fsp3) is 0.0189. The zero-order chi connectivity index (χ0) is 36.8. The molecule has 0 N–H and O–H groups in total. The number of hydrogen-bond acceptors (Lipinski definition) is 3. The minimum atomic E-state index is -0.431. The molecule has 12 rings (SSSR count). The van der Waals surface area contributed by atoms with Crippen LogP contribution in [0.4, 0.5) is 0 Å². The minimum absolute atomic E-state index is 0.431. The third-order valence-corrected chi connectivity index (χ3v) is 11.9. The predicted octanol–water partition coefficient (Wildman–Crippen LogP) is 13.4. The van der Waals surface area contributed by atoms with Crippen molar-refractivity contribution in [2.75, 3.05) is 0 Å². The van der Waals surface area contributed by atoms with Crippen LogP contribution in [-0.4, -0.2) is 9.97 Å². The average molecular weight is 713 g/mol. The van der Waals surface area contributed by atoms with E-state index >= 15 is 0 Å². The van der Waals surface area contributed by atoms with Crippen LogP contribution in [0, 0.1) is 0 Å². The fourth-order valence-corrected chi connectivity index (χ4v) is 9.63. The highest BCUT2D eigenvalue weighted by atomic mass is 16.3. The molecule has 260 valence electrons. The van der Waals surface area contributed by atoms with Crippen molar-refractivity contribution in [3.05, 3.63) is 216 Å². The van der Waals surface area contributed by atoms with Crippen molar-refractivity contribution in [2.24, 2.45) is 0 Å². The summed E-state index contributed by atoms with van der Waals surface area (Å²) in [5.74, 6) is 0.693. The van der Waals surface area contributed by atoms with Gasteiger partial charge in [-0.05, 0) is 68.3 Å². The molecule has 0 unspecified atom stereocenters. The van der Waals surface area contributed by atoms with Crippen LogP contribution in [0.5, 0.6) is 0 Å². The second-order valence-electron chi connectivity index (χ2n) is 14.8. The summed E-state index contributed by atoms with van der Waals surface area (Å²) in [5.41, 5.74) is 18.6. The third kappa shape index (κ3) is 4.28. The lowest BCUT2D eigenvalue weighted by Crippen LogP contribution is -2.25. The Morgan fingerprint density at radius 3 is 1.70 bits per heavy atom. The van der Waals surface area contributed by atoms with E-state index in [1.807, 2.05) is 18.2 Å². The monoisotopic (exact) mass is 712 g/mol. The Labute approximate surface area is 324 Å². The summed E-state index contributed by atoms with van der Waals surface area (Å²) in [6.07, 6.45) is 0. The molecule has 2 aromatic heterocycles. The number of benzene rings is 8. The summed E-state index contributed by atoms with van der Waals surface area (Å²) in [6, 6.07) is 69.4. The maximum atomic E-state index is 6.47. The molecule has 0 bridgehead atoms. The van der Waals surface area contributed by atoms with Crippen molar-refractivity contribution in [1.29, 1.82) is 0 Å². The average Bonchev–Trinajstić information content (AvgIpc) is 3.91. The van der Waals surface area contributed by atoms with Gasteiger partial charge in [-0.3, -0.25) is 0 Å². The summed E-state index contributed by atoms with van der Waals surface area (Å²) >= 11 is 0. The van der Waals surface area contributed by atoms with Gasteiger partial charge in [0.1, 0.15) is 11.2 Å². The molecule has 2 aliphatic carbocycles. The van der Waals surface area contributed by atoms with E-state index in [9.17, 15) is 0 Å². The smallest absolute Gasteiger partial charge is 0.160 e. The number of hydrogen-bond donors (Lipinski definition) is 0. The van der Waals surface area contributed by atoms with Gasteiger partial charge in [0.15, 0.2) is 5.82 Å². The molecule has 10 aromatic rings. The van der Waals surface area contributed by atoms with Crippen LogP contribution >= 0.6 is 0 Å². The highest BCUT2D eigenvalue weighted by molar-refractivity contribution is 6.09. The quantitative estimate of drug-likeness (QED) is 0.182. The van der Waals surface area contributed by atoms with Crippen LogP contribution in [-0.2, 0) is 5.41 Å². The molecular formula is C53H32N2O. The zero-order valence-electron chi connectivity index (χ0n) is 30.3. The molecule has 56 heavy (non-hydrogen) atoms. The molecule has 0 radical (unpaired) electrons. The summed E-state index contributed by atoms with van der Waals surface area (Å²) in [5, 5.41) is 2.24. The summed E-state index contributed by atoms with van der Waals surface area (Å²) < 4.78 is 6.47. The first kappa shape index (κ1) is 31.0. The lowest BCUT2D eigenvalue weighted by atomic mass is 9.70. The van der Waals surface area contributed by atoms with Gasteiger partial charge in [0.05, 0.1) is 16.8 Å². The molecule has 3 heteroatoms. The molecule has 0 atom stereocenters. The molecule has 0 amide bonds. The fourth-order valence-electron chi connectivity index (χ4n) is 9.63. The largest absolute Gasteiger partial charge is 0.455 e. The number of fused-ring (bicyclic) bond motifs is 13. The van der Waals surface area contributed by atoms with Crippen LogP contribution in [0.3, 0.4) is 0 Å². The van der Waals surface area contributed by atoms with E-state index in [1.165, 1.54) is 44.5 Å². The standard InChI is InChI=1S/C53H32N2O/c1-2-15-33(16-3-1)52-54-47(35-18-12-17-34(31-35)36-23-13-24-40-39-21-7-11-30-49(39)56-51(36)40)32-48(55-52)42-25-14-29-46-50(42)41-22-6-10-28-45(41)53(46)43-26-8-4-19-37(43)38-20-5-9-27-44(38)53/h1-32H. The van der Waals surface area contributed by atoms with Crippen molar-refractivity contribution >= 4 is 21.9 Å². The van der Waals surface area contributed by atoms with E-state index in [0.29, 0.717) is 5.82 Å². The van der Waals surface area contributed by atoms with Crippen LogP contribution in [0.25, 0.3) is 89.2 Å². The number of aromatic nitrogens is 2. The molecule has 1 spiro atoms. The molecular weight excluding hydrogens is 681 g/mol. The summed E-state index contributed by atoms with van der Waals surface area (Å²) in [7, 11) is 0. The first-order chi connectivity index (χ1) is 27.8. The number of nitrogens with zero attached hydrogens (tertiary/aromatic N) is 2. The maximum absolute atomic E-state index is 6.47. The molecule has 0 saturated carbocycles. The van der Waals surface area contributed by atoms with Gasteiger partial charge in [0, 0.05) is 33.0 Å². The normalized spacial score (nSPS) is 13.1. The summed E-state index contributed by atoms with van der Waals surface area (Å²) in [6.45, 7) is 0. The molecule has 0 fully saturated rings. The van der Waals surface area contributed by atoms with E-state index in [1.54, 1.807) is 0 Å². The van der Waals surface area contributed by atoms with E-state index in [4.69, 9.17) is 14.4 Å². The Hall–Kier alpha value is -7.36. The molecule has 8 aromatic carbocycles. The van der Waals surface area contributed by atoms with Gasteiger partial charge in [-0.2, -0.15) is 0 Å². The van der Waals surface area contributed by atoms with Crippen LogP contribution in [0.2, 0.25) is 0 Å². The van der Waals surface area contributed by atoms with Gasteiger partial charge in [-0.1, -0.05) is 176 Å². The van der Waals surface area contributed by atoms with Gasteiger partial charge < -0.3 is 4.42 Å². The van der Waals surface area contributed by atoms with Crippen LogP contribution in [0.15, 0.2) is 199 Å². The van der Waals surface area contributed by atoms with E-state index in [0.717, 1.165) is 61.1 Å². The summed E-state index contributed by atoms with van der Waals surface area (Å²) in [4.78, 5) is 10.6. The van der Waals surface area contributed by atoms with E-state index < -0.39 is 5.41 Å². The highest BCUT2D eigenvalue weighted by Gasteiger charge is 2.52. The molecule has 2 aliphatic rings. The van der Waals surface area contributed by atoms with Gasteiger partial charge in [0.25, 0.3) is 0 Å². The second-order valence-corrected chi connectivity index (χ2v) is 14.8. The Balaban J connectivity index is 1.09. The van der Waals surface area contributed by atoms with Crippen molar-refractivity contribution in [1.82, 2.24) is 9.97 Å². The van der Waals surface area contributed by atoms with Crippen molar-refractivity contribution in [3.63, 3.8) is 0 Å². The predicted molar refractivity (Wildman–Crippen MR) is 227 cm³/mol. The maximum Gasteiger partial charge on any atom is 0.160 e. The van der Waals surface area contributed by atoms with Gasteiger partial charge in [-0.15, -0.1) is 0 Å². The van der Waals surface area contributed by atoms with Crippen molar-refractivity contribution < 1.29 is 4.42 Å². The topological polar surface area (TPSA) is 38.9 Å². The lowest BCUT2D eigenvalue weighted by molar-refractivity contribution is 0.670. The van der Waals surface area contributed by atoms with Gasteiger partial charge in [-0.25, -0.2) is 9.97 Å². The third-order valence-electron chi connectivity index (χ3n) is 11.9. The first-order valence-corrected chi connectivity index (χ1v) is 19.2. The van der Waals surface area contributed by atoms with Crippen molar-refractivity contribution in [3.8, 4) is 67.3 Å². The molecule has 3 nitrogen and oxygen atoms in total.